The summed E-state index contributed by atoms with van der Waals surface area (Å²) in [7, 11) is 0. The van der Waals surface area contributed by atoms with Gasteiger partial charge < -0.3 is 5.11 Å². The highest BCUT2D eigenvalue weighted by Crippen LogP contribution is 2.47. The molecule has 1 rings (SSSR count). The van der Waals surface area contributed by atoms with E-state index in [0.717, 1.165) is 31.1 Å². The van der Waals surface area contributed by atoms with Gasteiger partial charge in [-0.2, -0.15) is 0 Å². The monoisotopic (exact) mass is 184 g/mol. The molecule has 0 unspecified atom stereocenters. The third kappa shape index (κ3) is 2.98. The molecule has 1 saturated carbocycles. The molecule has 0 aromatic heterocycles. The van der Waals surface area contributed by atoms with E-state index in [-0.39, 0.29) is 11.0 Å². The maximum Gasteiger partial charge on any atom is 0.0658 e. The molecule has 0 saturated heterocycles. The second-order valence-electron chi connectivity index (χ2n) is 6.37. The first-order chi connectivity index (χ1) is 5.72. The first-order valence-electron chi connectivity index (χ1n) is 5.44. The molecule has 1 heteroatoms. The van der Waals surface area contributed by atoms with Crippen molar-refractivity contribution in [2.45, 2.75) is 59.5 Å². The van der Waals surface area contributed by atoms with Gasteiger partial charge >= 0.3 is 0 Å². The summed E-state index contributed by atoms with van der Waals surface area (Å²) in [6.45, 7) is 11.1. The molecule has 1 aliphatic carbocycles. The van der Waals surface area contributed by atoms with Gasteiger partial charge in [-0.15, -0.1) is 0 Å². The molecule has 0 atom stereocenters. The van der Waals surface area contributed by atoms with Crippen LogP contribution >= 0.6 is 0 Å². The number of hydrogen-bond donors (Lipinski definition) is 1. The average molecular weight is 184 g/mol. The Morgan fingerprint density at radius 3 is 2.08 bits per heavy atom. The van der Waals surface area contributed by atoms with Crippen molar-refractivity contribution >= 4 is 0 Å². The Labute approximate surface area is 82.5 Å². The van der Waals surface area contributed by atoms with Crippen molar-refractivity contribution in [1.82, 2.24) is 0 Å². The predicted octanol–water partition coefficient (Wildman–Crippen LogP) is 3.22. The van der Waals surface area contributed by atoms with Crippen molar-refractivity contribution in [3.05, 3.63) is 0 Å². The SMILES string of the molecule is CC(C)C1CC(O)(CC(C)(C)C)C1. The van der Waals surface area contributed by atoms with Gasteiger partial charge in [-0.1, -0.05) is 34.6 Å². The van der Waals surface area contributed by atoms with Crippen molar-refractivity contribution in [2.75, 3.05) is 0 Å². The summed E-state index contributed by atoms with van der Waals surface area (Å²) < 4.78 is 0. The van der Waals surface area contributed by atoms with Crippen LogP contribution in [-0.4, -0.2) is 10.7 Å². The van der Waals surface area contributed by atoms with Crippen LogP contribution in [-0.2, 0) is 0 Å². The van der Waals surface area contributed by atoms with Gasteiger partial charge in [0.05, 0.1) is 5.60 Å². The zero-order valence-corrected chi connectivity index (χ0v) is 9.72. The molecule has 0 radical (unpaired) electrons. The minimum Gasteiger partial charge on any atom is -0.390 e. The van der Waals surface area contributed by atoms with Crippen LogP contribution in [0.15, 0.2) is 0 Å². The highest BCUT2D eigenvalue weighted by Gasteiger charge is 2.45. The van der Waals surface area contributed by atoms with Crippen molar-refractivity contribution in [1.29, 1.82) is 0 Å². The van der Waals surface area contributed by atoms with Crippen LogP contribution in [0, 0.1) is 17.3 Å². The lowest BCUT2D eigenvalue weighted by atomic mass is 9.61. The molecule has 0 amide bonds. The minimum atomic E-state index is -0.340. The van der Waals surface area contributed by atoms with E-state index < -0.39 is 0 Å². The zero-order chi connectivity index (χ0) is 10.3. The first kappa shape index (κ1) is 11.0. The van der Waals surface area contributed by atoms with E-state index in [1.165, 1.54) is 0 Å². The molecule has 0 aromatic carbocycles. The maximum absolute atomic E-state index is 10.2. The lowest BCUT2D eigenvalue weighted by Gasteiger charge is -2.48. The van der Waals surface area contributed by atoms with E-state index in [4.69, 9.17) is 0 Å². The van der Waals surface area contributed by atoms with Crippen LogP contribution in [0.2, 0.25) is 0 Å². The summed E-state index contributed by atoms with van der Waals surface area (Å²) in [6, 6.07) is 0. The van der Waals surface area contributed by atoms with E-state index >= 15 is 0 Å². The highest BCUT2D eigenvalue weighted by molar-refractivity contribution is 4.97. The second-order valence-corrected chi connectivity index (χ2v) is 6.37. The van der Waals surface area contributed by atoms with Crippen molar-refractivity contribution < 1.29 is 5.11 Å². The quantitative estimate of drug-likeness (QED) is 0.698. The summed E-state index contributed by atoms with van der Waals surface area (Å²) in [6.07, 6.45) is 2.98. The Balaban J connectivity index is 2.38. The summed E-state index contributed by atoms with van der Waals surface area (Å²) in [4.78, 5) is 0. The van der Waals surface area contributed by atoms with Gasteiger partial charge in [0.15, 0.2) is 0 Å². The van der Waals surface area contributed by atoms with Crippen molar-refractivity contribution in [3.8, 4) is 0 Å². The molecule has 78 valence electrons. The van der Waals surface area contributed by atoms with E-state index in [9.17, 15) is 5.11 Å². The lowest BCUT2D eigenvalue weighted by molar-refractivity contribution is -0.110. The van der Waals surface area contributed by atoms with Gasteiger partial charge in [0, 0.05) is 0 Å². The van der Waals surface area contributed by atoms with Gasteiger partial charge in [0.2, 0.25) is 0 Å². The highest BCUT2D eigenvalue weighted by atomic mass is 16.3. The van der Waals surface area contributed by atoms with E-state index in [2.05, 4.69) is 34.6 Å². The summed E-state index contributed by atoms with van der Waals surface area (Å²) >= 11 is 0. The Bertz CT molecular complexity index is 170. The average Bonchev–Trinajstić information content (AvgIpc) is 1.77. The molecule has 0 spiro atoms. The van der Waals surface area contributed by atoms with Gasteiger partial charge in [0.25, 0.3) is 0 Å². The van der Waals surface area contributed by atoms with Gasteiger partial charge in [0.1, 0.15) is 0 Å². The molecule has 0 aromatic rings. The topological polar surface area (TPSA) is 20.2 Å². The number of aliphatic hydroxyl groups is 1. The Morgan fingerprint density at radius 1 is 1.31 bits per heavy atom. The van der Waals surface area contributed by atoms with E-state index in [1.54, 1.807) is 0 Å². The molecular formula is C12H24O. The van der Waals surface area contributed by atoms with Crippen LogP contribution in [0.3, 0.4) is 0 Å². The van der Waals surface area contributed by atoms with Crippen molar-refractivity contribution in [3.63, 3.8) is 0 Å². The summed E-state index contributed by atoms with van der Waals surface area (Å²) in [5.74, 6) is 1.49. The standard InChI is InChI=1S/C12H24O/c1-9(2)10-6-12(13,7-10)8-11(3,4)5/h9-10,13H,6-8H2,1-5H3. The normalized spacial score (nSPS) is 34.8. The van der Waals surface area contributed by atoms with E-state index in [0.29, 0.717) is 0 Å². The van der Waals surface area contributed by atoms with Gasteiger partial charge in [-0.05, 0) is 36.5 Å². The predicted molar refractivity (Wildman–Crippen MR) is 56.6 cm³/mol. The fourth-order valence-corrected chi connectivity index (χ4v) is 2.52. The molecule has 1 fully saturated rings. The zero-order valence-electron chi connectivity index (χ0n) is 9.72. The molecule has 1 N–H and O–H groups in total. The molecule has 0 aliphatic heterocycles. The lowest BCUT2D eigenvalue weighted by Crippen LogP contribution is -2.47. The van der Waals surface area contributed by atoms with Crippen LogP contribution in [0.5, 0.6) is 0 Å². The molecule has 1 nitrogen and oxygen atoms in total. The summed E-state index contributed by atoms with van der Waals surface area (Å²) in [5.41, 5.74) is -0.0795. The van der Waals surface area contributed by atoms with Crippen molar-refractivity contribution in [2.24, 2.45) is 17.3 Å². The molecule has 1 aliphatic rings. The smallest absolute Gasteiger partial charge is 0.0658 e. The van der Waals surface area contributed by atoms with Gasteiger partial charge in [-0.25, -0.2) is 0 Å². The second kappa shape index (κ2) is 3.27. The minimum absolute atomic E-state index is 0.261. The number of rotatable bonds is 2. The molecule has 0 bridgehead atoms. The van der Waals surface area contributed by atoms with Crippen LogP contribution < -0.4 is 0 Å². The molecule has 0 heterocycles. The largest absolute Gasteiger partial charge is 0.390 e. The number of hydrogen-bond acceptors (Lipinski definition) is 1. The maximum atomic E-state index is 10.2. The third-order valence-corrected chi connectivity index (χ3v) is 3.09. The molecule has 13 heavy (non-hydrogen) atoms. The molecular weight excluding hydrogens is 160 g/mol. The van der Waals surface area contributed by atoms with E-state index in [1.807, 2.05) is 0 Å². The van der Waals surface area contributed by atoms with Crippen LogP contribution in [0.1, 0.15) is 53.9 Å². The van der Waals surface area contributed by atoms with Crippen LogP contribution in [0.25, 0.3) is 0 Å². The fourth-order valence-electron chi connectivity index (χ4n) is 2.52. The van der Waals surface area contributed by atoms with Gasteiger partial charge in [-0.3, -0.25) is 0 Å². The first-order valence-corrected chi connectivity index (χ1v) is 5.44. The summed E-state index contributed by atoms with van der Waals surface area (Å²) in [5, 5.41) is 10.2. The third-order valence-electron chi connectivity index (χ3n) is 3.09. The Morgan fingerprint density at radius 2 is 1.77 bits per heavy atom. The fraction of sp³-hybridized carbons (Fsp3) is 1.00. The Kier molecular flexibility index (Phi) is 2.78. The Hall–Kier alpha value is -0.0400. The van der Waals surface area contributed by atoms with Crippen LogP contribution in [0.4, 0.5) is 0 Å².